The Morgan fingerprint density at radius 3 is 1.90 bits per heavy atom. The molecule has 114 valence electrons. The van der Waals surface area contributed by atoms with Gasteiger partial charge in [0.1, 0.15) is 5.75 Å². The van der Waals surface area contributed by atoms with Gasteiger partial charge in [-0.05, 0) is 18.4 Å². The fraction of sp³-hybridized carbons (Fsp3) is 0.455. The van der Waals surface area contributed by atoms with Crippen LogP contribution in [0.15, 0.2) is 23.1 Å². The number of thioether (sulfide) groups is 1. The standard InChI is InChI=1S/C11H10F6O2S/c1-19-6-3-4-7(8(5-6)20-2)9(18,10(12,13)14)11(15,16)17/h3-5,18H,1-2H3. The highest BCUT2D eigenvalue weighted by Crippen LogP contribution is 2.52. The SMILES string of the molecule is COc1ccc(C(O)(C(F)(F)F)C(F)(F)F)c(SC)c1. The lowest BCUT2D eigenvalue weighted by atomic mass is 9.92. The van der Waals surface area contributed by atoms with Crippen LogP contribution in [0.25, 0.3) is 0 Å². The minimum absolute atomic E-state index is 0.0878. The van der Waals surface area contributed by atoms with Crippen LogP contribution in [0.1, 0.15) is 5.56 Å². The Labute approximate surface area is 114 Å². The van der Waals surface area contributed by atoms with Crippen LogP contribution in [0.4, 0.5) is 26.3 Å². The van der Waals surface area contributed by atoms with Gasteiger partial charge in [0, 0.05) is 10.5 Å². The van der Waals surface area contributed by atoms with Crippen molar-refractivity contribution in [3.63, 3.8) is 0 Å². The van der Waals surface area contributed by atoms with E-state index >= 15 is 0 Å². The summed E-state index contributed by atoms with van der Waals surface area (Å²) in [5, 5.41) is 9.33. The maximum Gasteiger partial charge on any atom is 0.430 e. The van der Waals surface area contributed by atoms with Gasteiger partial charge in [0.25, 0.3) is 5.60 Å². The quantitative estimate of drug-likeness (QED) is 0.680. The number of hydrogen-bond donors (Lipinski definition) is 1. The Bertz CT molecular complexity index is 469. The van der Waals surface area contributed by atoms with Gasteiger partial charge in [-0.25, -0.2) is 0 Å². The van der Waals surface area contributed by atoms with Crippen molar-refractivity contribution in [3.8, 4) is 5.75 Å². The average Bonchev–Trinajstić information content (AvgIpc) is 2.34. The molecule has 1 aromatic carbocycles. The Morgan fingerprint density at radius 1 is 1.05 bits per heavy atom. The Hall–Kier alpha value is -1.09. The third-order valence-corrected chi connectivity index (χ3v) is 3.40. The Balaban J connectivity index is 3.59. The number of halogens is 6. The van der Waals surface area contributed by atoms with Crippen LogP contribution >= 0.6 is 11.8 Å². The van der Waals surface area contributed by atoms with E-state index in [9.17, 15) is 31.4 Å². The molecule has 0 radical (unpaired) electrons. The zero-order valence-electron chi connectivity index (χ0n) is 10.3. The predicted molar refractivity (Wildman–Crippen MR) is 60.8 cm³/mol. The van der Waals surface area contributed by atoms with Crippen LogP contribution in [0.2, 0.25) is 0 Å². The largest absolute Gasteiger partial charge is 0.497 e. The second-order valence-electron chi connectivity index (χ2n) is 3.77. The smallest absolute Gasteiger partial charge is 0.430 e. The molecule has 0 spiro atoms. The van der Waals surface area contributed by atoms with Crippen molar-refractivity contribution < 1.29 is 36.2 Å². The molecule has 1 aromatic rings. The topological polar surface area (TPSA) is 29.5 Å². The predicted octanol–water partition coefficient (Wildman–Crippen LogP) is 3.73. The molecule has 0 saturated carbocycles. The normalized spacial score (nSPS) is 13.4. The van der Waals surface area contributed by atoms with E-state index < -0.39 is 23.5 Å². The molecular formula is C11H10F6O2S. The zero-order valence-corrected chi connectivity index (χ0v) is 11.1. The fourth-order valence-electron chi connectivity index (χ4n) is 1.56. The second kappa shape index (κ2) is 5.36. The molecule has 0 unspecified atom stereocenters. The highest BCUT2D eigenvalue weighted by molar-refractivity contribution is 7.98. The summed E-state index contributed by atoms with van der Waals surface area (Å²) in [4.78, 5) is -0.374. The molecule has 0 saturated heterocycles. The Morgan fingerprint density at radius 2 is 1.55 bits per heavy atom. The molecule has 0 fully saturated rings. The lowest BCUT2D eigenvalue weighted by Crippen LogP contribution is -2.54. The van der Waals surface area contributed by atoms with Crippen LogP contribution in [-0.2, 0) is 5.60 Å². The van der Waals surface area contributed by atoms with Gasteiger partial charge in [-0.3, -0.25) is 0 Å². The van der Waals surface area contributed by atoms with E-state index in [1.807, 2.05) is 0 Å². The van der Waals surface area contributed by atoms with Crippen LogP contribution in [0.3, 0.4) is 0 Å². The van der Waals surface area contributed by atoms with E-state index in [4.69, 9.17) is 4.74 Å². The van der Waals surface area contributed by atoms with Gasteiger partial charge in [-0.15, -0.1) is 11.8 Å². The van der Waals surface area contributed by atoms with Crippen molar-refractivity contribution in [2.75, 3.05) is 13.4 Å². The molecule has 0 aliphatic heterocycles. The van der Waals surface area contributed by atoms with Gasteiger partial charge in [0.05, 0.1) is 7.11 Å². The molecule has 0 bridgehead atoms. The molecule has 20 heavy (non-hydrogen) atoms. The first-order valence-corrected chi connectivity index (χ1v) is 6.30. The van der Waals surface area contributed by atoms with Crippen LogP contribution < -0.4 is 4.74 Å². The lowest BCUT2D eigenvalue weighted by molar-refractivity contribution is -0.377. The summed E-state index contributed by atoms with van der Waals surface area (Å²) in [5.74, 6) is 0.0878. The van der Waals surface area contributed by atoms with Crippen molar-refractivity contribution in [1.29, 1.82) is 0 Å². The summed E-state index contributed by atoms with van der Waals surface area (Å²) in [7, 11) is 1.22. The van der Waals surface area contributed by atoms with E-state index in [0.717, 1.165) is 12.1 Å². The van der Waals surface area contributed by atoms with Gasteiger partial charge < -0.3 is 9.84 Å². The minimum Gasteiger partial charge on any atom is -0.497 e. The van der Waals surface area contributed by atoms with E-state index in [2.05, 4.69) is 0 Å². The molecule has 0 aliphatic carbocycles. The number of benzene rings is 1. The first kappa shape index (κ1) is 17.0. The number of ether oxygens (including phenoxy) is 1. The Kier molecular flexibility index (Phi) is 4.55. The van der Waals surface area contributed by atoms with Crippen molar-refractivity contribution in [2.45, 2.75) is 22.8 Å². The first-order chi connectivity index (χ1) is 8.99. The summed E-state index contributed by atoms with van der Waals surface area (Å²) in [6.07, 6.45) is -10.5. The molecule has 1 N–H and O–H groups in total. The molecule has 0 aromatic heterocycles. The first-order valence-electron chi connectivity index (χ1n) is 5.07. The van der Waals surface area contributed by atoms with E-state index in [0.29, 0.717) is 17.8 Å². The number of alkyl halides is 6. The third-order valence-electron chi connectivity index (χ3n) is 2.62. The number of aliphatic hydroxyl groups is 1. The minimum atomic E-state index is -5.90. The monoisotopic (exact) mass is 320 g/mol. The van der Waals surface area contributed by atoms with E-state index in [-0.39, 0.29) is 10.6 Å². The van der Waals surface area contributed by atoms with Crippen molar-refractivity contribution in [1.82, 2.24) is 0 Å². The molecule has 1 rings (SSSR count). The number of hydrogen-bond acceptors (Lipinski definition) is 3. The number of rotatable bonds is 3. The molecule has 0 amide bonds. The molecule has 2 nitrogen and oxygen atoms in total. The summed E-state index contributed by atoms with van der Waals surface area (Å²) < 4.78 is 81.4. The summed E-state index contributed by atoms with van der Waals surface area (Å²) in [6, 6.07) is 2.49. The fourth-order valence-corrected chi connectivity index (χ4v) is 2.23. The number of methoxy groups -OCH3 is 1. The zero-order chi connectivity index (χ0) is 15.8. The van der Waals surface area contributed by atoms with Crippen molar-refractivity contribution in [2.24, 2.45) is 0 Å². The van der Waals surface area contributed by atoms with Crippen molar-refractivity contribution >= 4 is 11.8 Å². The summed E-state index contributed by atoms with van der Waals surface area (Å²) in [5.41, 5.74) is -6.20. The highest BCUT2D eigenvalue weighted by atomic mass is 32.2. The third kappa shape index (κ3) is 2.69. The molecular weight excluding hydrogens is 310 g/mol. The van der Waals surface area contributed by atoms with Crippen LogP contribution in [0.5, 0.6) is 5.75 Å². The van der Waals surface area contributed by atoms with E-state index in [1.165, 1.54) is 13.4 Å². The molecule has 0 heterocycles. The average molecular weight is 320 g/mol. The van der Waals surface area contributed by atoms with Gasteiger partial charge in [-0.1, -0.05) is 6.07 Å². The van der Waals surface area contributed by atoms with Gasteiger partial charge in [-0.2, -0.15) is 26.3 Å². The second-order valence-corrected chi connectivity index (χ2v) is 4.62. The van der Waals surface area contributed by atoms with Gasteiger partial charge in [0.2, 0.25) is 0 Å². The molecule has 0 aliphatic rings. The van der Waals surface area contributed by atoms with Crippen LogP contribution in [0, 0.1) is 0 Å². The van der Waals surface area contributed by atoms with Gasteiger partial charge >= 0.3 is 12.4 Å². The summed E-state index contributed by atoms with van der Waals surface area (Å²) in [6.45, 7) is 0. The van der Waals surface area contributed by atoms with Crippen molar-refractivity contribution in [3.05, 3.63) is 23.8 Å². The maximum absolute atomic E-state index is 12.8. The van der Waals surface area contributed by atoms with Gasteiger partial charge in [0.15, 0.2) is 0 Å². The highest BCUT2D eigenvalue weighted by Gasteiger charge is 2.72. The van der Waals surface area contributed by atoms with E-state index in [1.54, 1.807) is 0 Å². The molecule has 9 heteroatoms. The molecule has 0 atom stereocenters. The lowest BCUT2D eigenvalue weighted by Gasteiger charge is -2.33. The van der Waals surface area contributed by atoms with Crippen LogP contribution in [-0.4, -0.2) is 30.8 Å². The maximum atomic E-state index is 12.8. The summed E-state index contributed by atoms with van der Waals surface area (Å²) >= 11 is 0.644.